The molecule has 1 unspecified atom stereocenters. The number of ether oxygens (including phenoxy) is 2. The number of esters is 1. The normalized spacial score (nSPS) is 17.9. The highest BCUT2D eigenvalue weighted by Crippen LogP contribution is 2.40. The third-order valence-corrected chi connectivity index (χ3v) is 6.84. The van der Waals surface area contributed by atoms with Gasteiger partial charge in [0.1, 0.15) is 11.9 Å². The SMILES string of the molecule is CCOC(=O)c1cc(Cl)c2c(n1)CN(c1c(Cl)c(C)cc(NC3CCCCO3)c1C=N)CC2. The van der Waals surface area contributed by atoms with Gasteiger partial charge in [0.15, 0.2) is 0 Å². The van der Waals surface area contributed by atoms with E-state index in [4.69, 9.17) is 38.1 Å². The van der Waals surface area contributed by atoms with E-state index in [0.29, 0.717) is 35.1 Å². The van der Waals surface area contributed by atoms with Crippen LogP contribution in [0.4, 0.5) is 11.4 Å². The summed E-state index contributed by atoms with van der Waals surface area (Å²) in [5, 5.41) is 12.7. The van der Waals surface area contributed by atoms with Crippen LogP contribution in [0.1, 0.15) is 59.1 Å². The number of fused-ring (bicyclic) bond motifs is 1. The van der Waals surface area contributed by atoms with Crippen LogP contribution < -0.4 is 10.2 Å². The van der Waals surface area contributed by atoms with Crippen LogP contribution in [0.3, 0.4) is 0 Å². The number of halogens is 2. The topological polar surface area (TPSA) is 87.5 Å². The molecule has 2 aliphatic rings. The van der Waals surface area contributed by atoms with E-state index in [1.807, 2.05) is 13.0 Å². The van der Waals surface area contributed by atoms with Crippen molar-refractivity contribution >= 4 is 46.8 Å². The Hall–Kier alpha value is -2.35. The predicted octanol–water partition coefficient (Wildman–Crippen LogP) is 5.37. The van der Waals surface area contributed by atoms with E-state index in [2.05, 4.69) is 15.2 Å². The molecule has 4 rings (SSSR count). The molecular weight excluding hydrogens is 463 g/mol. The quantitative estimate of drug-likeness (QED) is 0.417. The van der Waals surface area contributed by atoms with E-state index in [1.54, 1.807) is 13.0 Å². The van der Waals surface area contributed by atoms with Crippen LogP contribution >= 0.6 is 23.2 Å². The number of nitrogens with one attached hydrogen (secondary N) is 2. The number of aromatic nitrogens is 1. The third kappa shape index (κ3) is 4.95. The molecule has 9 heteroatoms. The van der Waals surface area contributed by atoms with E-state index in [1.165, 1.54) is 6.21 Å². The summed E-state index contributed by atoms with van der Waals surface area (Å²) in [4.78, 5) is 18.9. The summed E-state index contributed by atoms with van der Waals surface area (Å²) in [5.41, 5.74) is 5.05. The summed E-state index contributed by atoms with van der Waals surface area (Å²) in [6.07, 6.45) is 4.99. The van der Waals surface area contributed by atoms with Crippen LogP contribution in [0, 0.1) is 12.3 Å². The maximum absolute atomic E-state index is 12.2. The van der Waals surface area contributed by atoms with Crippen molar-refractivity contribution in [2.45, 2.75) is 52.3 Å². The fourth-order valence-electron chi connectivity index (χ4n) is 4.38. The van der Waals surface area contributed by atoms with Crippen LogP contribution in [0.25, 0.3) is 0 Å². The third-order valence-electron chi connectivity index (χ3n) is 6.03. The van der Waals surface area contributed by atoms with Gasteiger partial charge in [0, 0.05) is 35.6 Å². The second-order valence-corrected chi connectivity index (χ2v) is 9.05. The summed E-state index contributed by atoms with van der Waals surface area (Å²) in [6, 6.07) is 3.54. The molecule has 33 heavy (non-hydrogen) atoms. The first-order chi connectivity index (χ1) is 15.9. The second-order valence-electron chi connectivity index (χ2n) is 8.27. The van der Waals surface area contributed by atoms with Gasteiger partial charge in [-0.05, 0) is 62.8 Å². The molecule has 0 aliphatic carbocycles. The number of carbonyl (C=O) groups excluding carboxylic acids is 1. The van der Waals surface area contributed by atoms with Gasteiger partial charge in [0.05, 0.1) is 29.6 Å². The maximum Gasteiger partial charge on any atom is 0.356 e. The average Bonchev–Trinajstić information content (AvgIpc) is 2.81. The number of hydrogen-bond acceptors (Lipinski definition) is 7. The van der Waals surface area contributed by atoms with Crippen molar-refractivity contribution in [1.82, 2.24) is 4.98 Å². The highest BCUT2D eigenvalue weighted by molar-refractivity contribution is 6.35. The first kappa shape index (κ1) is 23.8. The number of rotatable bonds is 6. The lowest BCUT2D eigenvalue weighted by Crippen LogP contribution is -2.33. The monoisotopic (exact) mass is 490 g/mol. The molecule has 7 nitrogen and oxygen atoms in total. The predicted molar refractivity (Wildman–Crippen MR) is 131 cm³/mol. The molecule has 2 aliphatic heterocycles. The lowest BCUT2D eigenvalue weighted by Gasteiger charge is -2.34. The Balaban J connectivity index is 1.70. The number of anilines is 2. The maximum atomic E-state index is 12.2. The molecule has 1 fully saturated rings. The Morgan fingerprint density at radius 2 is 2.21 bits per heavy atom. The van der Waals surface area contributed by atoms with Crippen molar-refractivity contribution in [3.05, 3.63) is 50.3 Å². The van der Waals surface area contributed by atoms with Gasteiger partial charge >= 0.3 is 5.97 Å². The van der Waals surface area contributed by atoms with Crippen molar-refractivity contribution in [3.8, 4) is 0 Å². The molecule has 176 valence electrons. The Kier molecular flexibility index (Phi) is 7.41. The van der Waals surface area contributed by atoms with Crippen LogP contribution in [0.15, 0.2) is 12.1 Å². The number of benzene rings is 1. The highest BCUT2D eigenvalue weighted by atomic mass is 35.5. The van der Waals surface area contributed by atoms with Gasteiger partial charge in [-0.1, -0.05) is 23.2 Å². The first-order valence-electron chi connectivity index (χ1n) is 11.2. The number of hydrogen-bond donors (Lipinski definition) is 2. The van der Waals surface area contributed by atoms with Crippen molar-refractivity contribution in [2.75, 3.05) is 30.0 Å². The van der Waals surface area contributed by atoms with Gasteiger partial charge in [-0.15, -0.1) is 0 Å². The summed E-state index contributed by atoms with van der Waals surface area (Å²) >= 11 is 13.3. The number of pyridine rings is 1. The summed E-state index contributed by atoms with van der Waals surface area (Å²) in [7, 11) is 0. The van der Waals surface area contributed by atoms with Gasteiger partial charge < -0.3 is 25.1 Å². The van der Waals surface area contributed by atoms with Crippen molar-refractivity contribution < 1.29 is 14.3 Å². The molecule has 1 aromatic heterocycles. The molecule has 1 atom stereocenters. The second kappa shape index (κ2) is 10.3. The number of carbonyl (C=O) groups is 1. The summed E-state index contributed by atoms with van der Waals surface area (Å²) < 4.78 is 11.0. The van der Waals surface area contributed by atoms with Crippen LogP contribution in [0.2, 0.25) is 10.0 Å². The molecule has 0 radical (unpaired) electrons. The van der Waals surface area contributed by atoms with Crippen molar-refractivity contribution in [1.29, 1.82) is 5.41 Å². The number of aryl methyl sites for hydroxylation is 1. The van der Waals surface area contributed by atoms with E-state index in [9.17, 15) is 4.79 Å². The fourth-order valence-corrected chi connectivity index (χ4v) is 4.97. The van der Waals surface area contributed by atoms with Gasteiger partial charge in [0.2, 0.25) is 0 Å². The lowest BCUT2D eigenvalue weighted by atomic mass is 10.00. The zero-order valence-corrected chi connectivity index (χ0v) is 20.4. The van der Waals surface area contributed by atoms with Crippen LogP contribution in [-0.2, 0) is 22.4 Å². The Morgan fingerprint density at radius 1 is 1.39 bits per heavy atom. The molecule has 0 saturated carbocycles. The van der Waals surface area contributed by atoms with E-state index >= 15 is 0 Å². The Bertz CT molecular complexity index is 1070. The van der Waals surface area contributed by atoms with E-state index in [0.717, 1.165) is 54.1 Å². The summed E-state index contributed by atoms with van der Waals surface area (Å²) in [5.74, 6) is -0.493. The molecule has 3 heterocycles. The fraction of sp³-hybridized carbons (Fsp3) is 0.458. The molecule has 1 saturated heterocycles. The van der Waals surface area contributed by atoms with Crippen LogP contribution in [0.5, 0.6) is 0 Å². The standard InChI is InChI=1S/C24H28Cl2N4O3/c1-3-32-24(31)19-11-17(25)15-7-8-30(13-20(15)28-19)23-16(12-27)18(10-14(2)22(23)26)29-21-6-4-5-9-33-21/h10-12,21,27,29H,3-9,13H2,1-2H3. The minimum atomic E-state index is -0.493. The molecule has 0 spiro atoms. The minimum absolute atomic E-state index is 0.0828. The minimum Gasteiger partial charge on any atom is -0.461 e. The van der Waals surface area contributed by atoms with E-state index < -0.39 is 5.97 Å². The number of nitrogens with zero attached hydrogens (tertiary/aromatic N) is 2. The smallest absolute Gasteiger partial charge is 0.356 e. The largest absolute Gasteiger partial charge is 0.461 e. The lowest BCUT2D eigenvalue weighted by molar-refractivity contribution is 0.0343. The molecule has 0 amide bonds. The highest BCUT2D eigenvalue weighted by Gasteiger charge is 2.27. The average molecular weight is 491 g/mol. The molecule has 2 aromatic rings. The molecule has 1 aromatic carbocycles. The molecule has 2 N–H and O–H groups in total. The van der Waals surface area contributed by atoms with Gasteiger partial charge in [-0.25, -0.2) is 9.78 Å². The van der Waals surface area contributed by atoms with Gasteiger partial charge in [-0.2, -0.15) is 0 Å². The van der Waals surface area contributed by atoms with Gasteiger partial charge in [-0.3, -0.25) is 0 Å². The van der Waals surface area contributed by atoms with Crippen molar-refractivity contribution in [2.24, 2.45) is 0 Å². The molecular formula is C24H28Cl2N4O3. The molecule has 0 bridgehead atoms. The summed E-state index contributed by atoms with van der Waals surface area (Å²) in [6.45, 7) is 5.79. The van der Waals surface area contributed by atoms with E-state index in [-0.39, 0.29) is 18.5 Å². The van der Waals surface area contributed by atoms with Crippen molar-refractivity contribution in [3.63, 3.8) is 0 Å². The van der Waals surface area contributed by atoms with Crippen LogP contribution in [-0.4, -0.2) is 43.2 Å². The zero-order chi connectivity index (χ0) is 23.5. The Labute approximate surface area is 203 Å². The first-order valence-corrected chi connectivity index (χ1v) is 12.0. The van der Waals surface area contributed by atoms with Gasteiger partial charge in [0.25, 0.3) is 0 Å². The zero-order valence-electron chi connectivity index (χ0n) is 18.8. The Morgan fingerprint density at radius 3 is 2.91 bits per heavy atom.